The molecule has 2 N–H and O–H groups in total. The molecule has 0 radical (unpaired) electrons. The minimum atomic E-state index is -0.982. The van der Waals surface area contributed by atoms with Crippen LogP contribution in [0.2, 0.25) is 0 Å². The van der Waals surface area contributed by atoms with Gasteiger partial charge in [-0.15, -0.1) is 5.10 Å². The lowest BCUT2D eigenvalue weighted by atomic mass is 10.0. The summed E-state index contributed by atoms with van der Waals surface area (Å²) >= 11 is 0. The van der Waals surface area contributed by atoms with Gasteiger partial charge in [0.1, 0.15) is 5.82 Å². The highest BCUT2D eigenvalue weighted by molar-refractivity contribution is 6.19. The first kappa shape index (κ1) is 22.9. The van der Waals surface area contributed by atoms with E-state index in [4.69, 9.17) is 14.1 Å². The lowest BCUT2D eigenvalue weighted by Crippen LogP contribution is -2.41. The van der Waals surface area contributed by atoms with Crippen LogP contribution in [0.5, 0.6) is 0 Å². The highest BCUT2D eigenvalue weighted by Gasteiger charge is 2.28. The van der Waals surface area contributed by atoms with Crippen molar-refractivity contribution in [3.05, 3.63) is 84.1 Å². The standard InChI is InChI=1S/C27H25N7O3/c1-17-16-34(14-15-36-17)24-20(11-7-13-28-24)26-32-33-27(37-26)31-23-25(35)29-21-12-6-5-10-19(21)22(30-23)18-8-3-2-4-9-18/h2-13,17,23H,14-16H2,1H3,(H,29,35)(H,31,33)/t17-,23?/m0/s1. The normalized spacial score (nSPS) is 19.4. The molecule has 0 aliphatic carbocycles. The van der Waals surface area contributed by atoms with Crippen LogP contribution in [0.1, 0.15) is 18.1 Å². The Morgan fingerprint density at radius 3 is 2.68 bits per heavy atom. The highest BCUT2D eigenvalue weighted by atomic mass is 16.5. The van der Waals surface area contributed by atoms with Crippen LogP contribution in [-0.4, -0.2) is 58.8 Å². The van der Waals surface area contributed by atoms with Crippen LogP contribution in [0.3, 0.4) is 0 Å². The zero-order valence-electron chi connectivity index (χ0n) is 20.2. The van der Waals surface area contributed by atoms with E-state index in [1.54, 1.807) is 6.20 Å². The molecule has 0 saturated carbocycles. The van der Waals surface area contributed by atoms with Crippen molar-refractivity contribution in [2.75, 3.05) is 35.2 Å². The topological polar surface area (TPSA) is 118 Å². The van der Waals surface area contributed by atoms with E-state index in [1.807, 2.05) is 73.7 Å². The molecule has 1 fully saturated rings. The van der Waals surface area contributed by atoms with Gasteiger partial charge in [-0.3, -0.25) is 4.79 Å². The van der Waals surface area contributed by atoms with E-state index in [9.17, 15) is 4.79 Å². The smallest absolute Gasteiger partial charge is 0.317 e. The summed E-state index contributed by atoms with van der Waals surface area (Å²) in [4.78, 5) is 24.6. The molecule has 0 spiro atoms. The van der Waals surface area contributed by atoms with Crippen molar-refractivity contribution >= 4 is 29.1 Å². The summed E-state index contributed by atoms with van der Waals surface area (Å²) in [6.45, 7) is 4.08. The Bertz CT molecular complexity index is 1450. The van der Waals surface area contributed by atoms with E-state index in [-0.39, 0.29) is 18.0 Å². The predicted octanol–water partition coefficient (Wildman–Crippen LogP) is 3.58. The fourth-order valence-corrected chi connectivity index (χ4v) is 4.51. The first-order chi connectivity index (χ1) is 18.2. The lowest BCUT2D eigenvalue weighted by molar-refractivity contribution is -0.116. The number of nitrogens with one attached hydrogen (secondary N) is 2. The third-order valence-corrected chi connectivity index (χ3v) is 6.24. The van der Waals surface area contributed by atoms with E-state index in [0.29, 0.717) is 42.5 Å². The van der Waals surface area contributed by atoms with Crippen LogP contribution in [0.4, 0.5) is 17.5 Å². The molecular formula is C27H25N7O3. The fourth-order valence-electron chi connectivity index (χ4n) is 4.51. The largest absolute Gasteiger partial charge is 0.403 e. The van der Waals surface area contributed by atoms with Crippen LogP contribution < -0.4 is 15.5 Å². The second kappa shape index (κ2) is 9.82. The van der Waals surface area contributed by atoms with E-state index in [2.05, 4.69) is 30.7 Å². The van der Waals surface area contributed by atoms with Crippen molar-refractivity contribution in [2.45, 2.75) is 19.2 Å². The number of benzene rings is 2. The number of fused-ring (bicyclic) bond motifs is 1. The molecule has 1 amide bonds. The first-order valence-electron chi connectivity index (χ1n) is 12.1. The van der Waals surface area contributed by atoms with Gasteiger partial charge in [0.2, 0.25) is 6.17 Å². The summed E-state index contributed by atoms with van der Waals surface area (Å²) in [5, 5.41) is 14.3. The van der Waals surface area contributed by atoms with Crippen LogP contribution in [0, 0.1) is 0 Å². The van der Waals surface area contributed by atoms with Gasteiger partial charge in [-0.25, -0.2) is 9.98 Å². The number of nitrogens with zero attached hydrogens (tertiary/aromatic N) is 5. The number of amides is 1. The van der Waals surface area contributed by atoms with Gasteiger partial charge in [0, 0.05) is 30.4 Å². The van der Waals surface area contributed by atoms with Crippen molar-refractivity contribution in [1.82, 2.24) is 15.2 Å². The van der Waals surface area contributed by atoms with Gasteiger partial charge in [-0.05, 0) is 25.1 Å². The summed E-state index contributed by atoms with van der Waals surface area (Å²) in [5.74, 6) is 0.719. The maximum Gasteiger partial charge on any atom is 0.317 e. The monoisotopic (exact) mass is 495 g/mol. The van der Waals surface area contributed by atoms with Crippen molar-refractivity contribution < 1.29 is 13.9 Å². The molecule has 4 heterocycles. The number of para-hydroxylation sites is 1. The summed E-state index contributed by atoms with van der Waals surface area (Å²) in [6.07, 6.45) is 0.851. The number of benzodiazepines with no additional fused rings is 1. The number of carbonyl (C=O) groups is 1. The van der Waals surface area contributed by atoms with E-state index in [0.717, 1.165) is 16.9 Å². The number of rotatable bonds is 5. The summed E-state index contributed by atoms with van der Waals surface area (Å²) < 4.78 is 11.6. The Labute approximate surface area is 213 Å². The number of aliphatic imine (C=N–C) groups is 1. The Kier molecular flexibility index (Phi) is 6.07. The molecule has 1 saturated heterocycles. The van der Waals surface area contributed by atoms with Gasteiger partial charge in [0.15, 0.2) is 0 Å². The highest BCUT2D eigenvalue weighted by Crippen LogP contribution is 2.30. The maximum atomic E-state index is 13.1. The van der Waals surface area contributed by atoms with Gasteiger partial charge >= 0.3 is 6.01 Å². The van der Waals surface area contributed by atoms with Gasteiger partial charge in [0.25, 0.3) is 11.8 Å². The van der Waals surface area contributed by atoms with Gasteiger partial charge in [0.05, 0.1) is 29.7 Å². The molecule has 2 aromatic carbocycles. The molecule has 2 atom stereocenters. The number of pyridine rings is 1. The molecule has 10 nitrogen and oxygen atoms in total. The molecule has 2 aliphatic heterocycles. The minimum absolute atomic E-state index is 0.0856. The van der Waals surface area contributed by atoms with Crippen LogP contribution >= 0.6 is 0 Å². The average Bonchev–Trinajstić information content (AvgIpc) is 3.35. The van der Waals surface area contributed by atoms with Crippen molar-refractivity contribution in [3.8, 4) is 11.5 Å². The molecule has 186 valence electrons. The minimum Gasteiger partial charge on any atom is -0.403 e. The summed E-state index contributed by atoms with van der Waals surface area (Å²) in [7, 11) is 0. The second-order valence-corrected chi connectivity index (χ2v) is 8.84. The van der Waals surface area contributed by atoms with Crippen LogP contribution in [0.25, 0.3) is 11.5 Å². The van der Waals surface area contributed by atoms with Gasteiger partial charge < -0.3 is 24.7 Å². The fraction of sp³-hybridized carbons (Fsp3) is 0.222. The Morgan fingerprint density at radius 1 is 1.00 bits per heavy atom. The summed E-state index contributed by atoms with van der Waals surface area (Å²) in [6, 6.07) is 21.1. The van der Waals surface area contributed by atoms with Crippen molar-refractivity contribution in [2.24, 2.45) is 4.99 Å². The first-order valence-corrected chi connectivity index (χ1v) is 12.1. The number of morpholine rings is 1. The quantitative estimate of drug-likeness (QED) is 0.431. The summed E-state index contributed by atoms with van der Waals surface area (Å²) in [5.41, 5.74) is 3.80. The molecule has 4 aromatic rings. The SMILES string of the molecule is C[C@H]1CN(c2ncccc2-c2nnc(NC3N=C(c4ccccc4)c4ccccc4NC3=O)o2)CCO1. The third kappa shape index (κ3) is 4.66. The molecule has 37 heavy (non-hydrogen) atoms. The Morgan fingerprint density at radius 2 is 1.81 bits per heavy atom. The molecule has 1 unspecified atom stereocenters. The van der Waals surface area contributed by atoms with Gasteiger partial charge in [-0.1, -0.05) is 53.6 Å². The Balaban J connectivity index is 1.31. The van der Waals surface area contributed by atoms with E-state index in [1.165, 1.54) is 0 Å². The molecular weight excluding hydrogens is 470 g/mol. The van der Waals surface area contributed by atoms with Gasteiger partial charge in [-0.2, -0.15) is 0 Å². The maximum absolute atomic E-state index is 13.1. The second-order valence-electron chi connectivity index (χ2n) is 8.84. The number of ether oxygens (including phenoxy) is 1. The third-order valence-electron chi connectivity index (χ3n) is 6.24. The van der Waals surface area contributed by atoms with Crippen LogP contribution in [0.15, 0.2) is 82.3 Å². The van der Waals surface area contributed by atoms with E-state index >= 15 is 0 Å². The Hall–Kier alpha value is -4.57. The number of hydrogen-bond acceptors (Lipinski definition) is 9. The number of carbonyl (C=O) groups excluding carboxylic acids is 1. The average molecular weight is 496 g/mol. The zero-order chi connectivity index (χ0) is 25.2. The molecule has 10 heteroatoms. The zero-order valence-corrected chi connectivity index (χ0v) is 20.2. The van der Waals surface area contributed by atoms with Crippen molar-refractivity contribution in [3.63, 3.8) is 0 Å². The number of anilines is 3. The molecule has 0 bridgehead atoms. The number of aromatic nitrogens is 3. The lowest BCUT2D eigenvalue weighted by Gasteiger charge is -2.32. The van der Waals surface area contributed by atoms with Crippen LogP contribution in [-0.2, 0) is 9.53 Å². The number of hydrogen-bond donors (Lipinski definition) is 2. The predicted molar refractivity (Wildman–Crippen MR) is 140 cm³/mol. The molecule has 2 aliphatic rings. The van der Waals surface area contributed by atoms with E-state index < -0.39 is 6.17 Å². The molecule has 2 aromatic heterocycles. The van der Waals surface area contributed by atoms with Crippen molar-refractivity contribution in [1.29, 1.82) is 0 Å². The molecule has 6 rings (SSSR count).